The maximum atomic E-state index is 11.9. The lowest BCUT2D eigenvalue weighted by molar-refractivity contribution is -0.116. The first-order valence-corrected chi connectivity index (χ1v) is 8.83. The largest absolute Gasteiger partial charge is 0.399 e. The lowest BCUT2D eigenvalue weighted by atomic mass is 10.2. The molecule has 1 saturated heterocycles. The minimum atomic E-state index is 0.00543. The van der Waals surface area contributed by atoms with Crippen molar-refractivity contribution in [2.24, 2.45) is 0 Å². The molecule has 0 radical (unpaired) electrons. The molecule has 1 aromatic carbocycles. The van der Waals surface area contributed by atoms with Gasteiger partial charge in [0.2, 0.25) is 5.91 Å². The van der Waals surface area contributed by atoms with Crippen LogP contribution in [-0.4, -0.2) is 41.9 Å². The number of anilines is 2. The maximum Gasteiger partial charge on any atom is 0.224 e. The Morgan fingerprint density at radius 1 is 1.38 bits per heavy atom. The van der Waals surface area contributed by atoms with Crippen LogP contribution in [0, 0.1) is 0 Å². The molecule has 21 heavy (non-hydrogen) atoms. The molecule has 0 saturated carbocycles. The van der Waals surface area contributed by atoms with Gasteiger partial charge in [0.25, 0.3) is 0 Å². The van der Waals surface area contributed by atoms with Crippen molar-refractivity contribution in [3.63, 3.8) is 0 Å². The van der Waals surface area contributed by atoms with Crippen LogP contribution < -0.4 is 11.1 Å². The average molecular weight is 328 g/mol. The molecule has 1 amide bonds. The number of nitrogens with two attached hydrogens (primary N) is 1. The standard InChI is InChI=1S/C15H22ClN3OS/c16-13-11-12(17)4-5-14(13)18-15(20)3-1-6-19-7-2-9-21-10-8-19/h4-5,11H,1-3,6-10,17H2,(H,18,20). The monoisotopic (exact) mass is 327 g/mol. The third-order valence-corrected chi connectivity index (χ3v) is 4.82. The van der Waals surface area contributed by atoms with E-state index < -0.39 is 0 Å². The van der Waals surface area contributed by atoms with E-state index in [1.54, 1.807) is 18.2 Å². The number of nitrogens with one attached hydrogen (secondary N) is 1. The number of thioether (sulfide) groups is 1. The summed E-state index contributed by atoms with van der Waals surface area (Å²) in [6.07, 6.45) is 2.64. The van der Waals surface area contributed by atoms with Gasteiger partial charge >= 0.3 is 0 Å². The van der Waals surface area contributed by atoms with Gasteiger partial charge in [0, 0.05) is 24.4 Å². The molecule has 116 valence electrons. The van der Waals surface area contributed by atoms with Gasteiger partial charge in [-0.2, -0.15) is 11.8 Å². The Kier molecular flexibility index (Phi) is 6.67. The van der Waals surface area contributed by atoms with Gasteiger partial charge in [0.15, 0.2) is 0 Å². The van der Waals surface area contributed by atoms with Crippen LogP contribution in [0.4, 0.5) is 11.4 Å². The number of halogens is 1. The van der Waals surface area contributed by atoms with Crippen molar-refractivity contribution in [1.82, 2.24) is 4.90 Å². The Morgan fingerprint density at radius 2 is 2.24 bits per heavy atom. The zero-order chi connectivity index (χ0) is 15.1. The van der Waals surface area contributed by atoms with E-state index in [0.717, 1.165) is 26.1 Å². The maximum absolute atomic E-state index is 11.9. The summed E-state index contributed by atoms with van der Waals surface area (Å²) in [4.78, 5) is 14.4. The molecule has 2 rings (SSSR count). The summed E-state index contributed by atoms with van der Waals surface area (Å²) in [6.45, 7) is 3.28. The average Bonchev–Trinajstić information content (AvgIpc) is 2.71. The van der Waals surface area contributed by atoms with Crippen LogP contribution in [0.3, 0.4) is 0 Å². The Hall–Kier alpha value is -0.910. The summed E-state index contributed by atoms with van der Waals surface area (Å²) in [5.74, 6) is 2.46. The molecular formula is C15H22ClN3OS. The number of nitrogens with zero attached hydrogens (tertiary/aromatic N) is 1. The number of nitrogen functional groups attached to an aromatic ring is 1. The van der Waals surface area contributed by atoms with E-state index in [4.69, 9.17) is 17.3 Å². The van der Waals surface area contributed by atoms with Gasteiger partial charge in [-0.15, -0.1) is 0 Å². The molecule has 1 aliphatic rings. The Morgan fingerprint density at radius 3 is 3.05 bits per heavy atom. The van der Waals surface area contributed by atoms with Crippen LogP contribution in [0.25, 0.3) is 0 Å². The van der Waals surface area contributed by atoms with Gasteiger partial charge in [-0.3, -0.25) is 4.79 Å². The molecule has 1 heterocycles. The highest BCUT2D eigenvalue weighted by atomic mass is 35.5. The molecule has 0 bridgehead atoms. The summed E-state index contributed by atoms with van der Waals surface area (Å²) in [5, 5.41) is 3.32. The van der Waals surface area contributed by atoms with Crippen molar-refractivity contribution < 1.29 is 4.79 Å². The first-order chi connectivity index (χ1) is 10.1. The second-order valence-electron chi connectivity index (χ2n) is 5.20. The summed E-state index contributed by atoms with van der Waals surface area (Å²) >= 11 is 8.06. The van der Waals surface area contributed by atoms with Crippen LogP contribution in [0.15, 0.2) is 18.2 Å². The first-order valence-electron chi connectivity index (χ1n) is 7.30. The van der Waals surface area contributed by atoms with E-state index in [0.29, 0.717) is 22.8 Å². The molecule has 1 fully saturated rings. The molecule has 0 spiro atoms. The minimum absolute atomic E-state index is 0.00543. The number of carbonyl (C=O) groups excluding carboxylic acids is 1. The summed E-state index contributed by atoms with van der Waals surface area (Å²) in [7, 11) is 0. The van der Waals surface area contributed by atoms with Crippen molar-refractivity contribution in [3.8, 4) is 0 Å². The SMILES string of the molecule is Nc1ccc(NC(=O)CCCN2CCCSCC2)c(Cl)c1. The van der Waals surface area contributed by atoms with E-state index in [1.807, 2.05) is 11.8 Å². The second-order valence-corrected chi connectivity index (χ2v) is 6.83. The number of hydrogen-bond acceptors (Lipinski definition) is 4. The molecule has 0 unspecified atom stereocenters. The first kappa shape index (κ1) is 16.5. The lowest BCUT2D eigenvalue weighted by Gasteiger charge is -2.18. The molecule has 6 heteroatoms. The van der Waals surface area contributed by atoms with Crippen molar-refractivity contribution in [2.75, 3.05) is 42.2 Å². The lowest BCUT2D eigenvalue weighted by Crippen LogP contribution is -2.27. The molecule has 1 aromatic rings. The summed E-state index contributed by atoms with van der Waals surface area (Å²) in [5.41, 5.74) is 6.85. The van der Waals surface area contributed by atoms with Crippen LogP contribution in [-0.2, 0) is 4.79 Å². The molecule has 3 N–H and O–H groups in total. The normalized spacial score (nSPS) is 16.4. The highest BCUT2D eigenvalue weighted by Gasteiger charge is 2.10. The van der Waals surface area contributed by atoms with Gasteiger partial charge < -0.3 is 16.0 Å². The topological polar surface area (TPSA) is 58.4 Å². The fourth-order valence-corrected chi connectivity index (χ4v) is 3.49. The van der Waals surface area contributed by atoms with E-state index in [1.165, 1.54) is 17.9 Å². The van der Waals surface area contributed by atoms with Crippen molar-refractivity contribution >= 4 is 40.6 Å². The van der Waals surface area contributed by atoms with Crippen molar-refractivity contribution in [2.45, 2.75) is 19.3 Å². The van der Waals surface area contributed by atoms with Crippen molar-refractivity contribution in [1.29, 1.82) is 0 Å². The summed E-state index contributed by atoms with van der Waals surface area (Å²) < 4.78 is 0. The van der Waals surface area contributed by atoms with Gasteiger partial charge in [-0.05, 0) is 49.9 Å². The third-order valence-electron chi connectivity index (χ3n) is 3.46. The molecule has 0 aliphatic carbocycles. The second kappa shape index (κ2) is 8.51. The molecule has 0 atom stereocenters. The number of amides is 1. The predicted molar refractivity (Wildman–Crippen MR) is 92.1 cm³/mol. The predicted octanol–water partition coefficient (Wildman–Crippen LogP) is 3.08. The Bertz CT molecular complexity index is 476. The van der Waals surface area contributed by atoms with E-state index >= 15 is 0 Å². The van der Waals surface area contributed by atoms with E-state index in [-0.39, 0.29) is 5.91 Å². The molecule has 1 aliphatic heterocycles. The fraction of sp³-hybridized carbons (Fsp3) is 0.533. The Balaban J connectivity index is 1.71. The summed E-state index contributed by atoms with van der Waals surface area (Å²) in [6, 6.07) is 5.12. The van der Waals surface area contributed by atoms with Crippen molar-refractivity contribution in [3.05, 3.63) is 23.2 Å². The van der Waals surface area contributed by atoms with Gasteiger partial charge in [-0.25, -0.2) is 0 Å². The molecule has 4 nitrogen and oxygen atoms in total. The van der Waals surface area contributed by atoms with Crippen LogP contribution in [0.5, 0.6) is 0 Å². The highest BCUT2D eigenvalue weighted by molar-refractivity contribution is 7.99. The smallest absolute Gasteiger partial charge is 0.224 e. The van der Waals surface area contributed by atoms with Gasteiger partial charge in [0.05, 0.1) is 10.7 Å². The zero-order valence-electron chi connectivity index (χ0n) is 12.1. The number of carbonyl (C=O) groups is 1. The zero-order valence-corrected chi connectivity index (χ0v) is 13.7. The van der Waals surface area contributed by atoms with Gasteiger partial charge in [-0.1, -0.05) is 11.6 Å². The van der Waals surface area contributed by atoms with Gasteiger partial charge in [0.1, 0.15) is 0 Å². The van der Waals surface area contributed by atoms with Crippen LogP contribution in [0.1, 0.15) is 19.3 Å². The number of benzene rings is 1. The molecule has 0 aromatic heterocycles. The van der Waals surface area contributed by atoms with Crippen LogP contribution >= 0.6 is 23.4 Å². The van der Waals surface area contributed by atoms with E-state index in [2.05, 4.69) is 10.2 Å². The quantitative estimate of drug-likeness (QED) is 0.816. The minimum Gasteiger partial charge on any atom is -0.399 e. The third kappa shape index (κ3) is 5.77. The fourth-order valence-electron chi connectivity index (χ4n) is 2.33. The highest BCUT2D eigenvalue weighted by Crippen LogP contribution is 2.24. The molecular weight excluding hydrogens is 306 g/mol. The van der Waals surface area contributed by atoms with Crippen LogP contribution in [0.2, 0.25) is 5.02 Å². The number of hydrogen-bond donors (Lipinski definition) is 2. The Labute approximate surface area is 135 Å². The van der Waals surface area contributed by atoms with E-state index in [9.17, 15) is 4.79 Å². The number of rotatable bonds is 5.